The first-order valence-electron chi connectivity index (χ1n) is 7.30. The van der Waals surface area contributed by atoms with Crippen molar-refractivity contribution in [2.75, 3.05) is 30.2 Å². The topological polar surface area (TPSA) is 57.7 Å². The summed E-state index contributed by atoms with van der Waals surface area (Å²) in [6, 6.07) is 6.49. The van der Waals surface area contributed by atoms with Crippen LogP contribution in [0.15, 0.2) is 24.3 Å². The molecule has 1 amide bonds. The van der Waals surface area contributed by atoms with Gasteiger partial charge in [0, 0.05) is 18.1 Å². The lowest BCUT2D eigenvalue weighted by atomic mass is 10.3. The number of hydrogen-bond donors (Lipinski definition) is 0. The van der Waals surface area contributed by atoms with Gasteiger partial charge in [-0.05, 0) is 31.0 Å². The Morgan fingerprint density at radius 3 is 2.23 bits per heavy atom. The van der Waals surface area contributed by atoms with Crippen molar-refractivity contribution >= 4 is 33.2 Å². The van der Waals surface area contributed by atoms with Crippen LogP contribution in [-0.4, -0.2) is 45.1 Å². The predicted octanol–water partition coefficient (Wildman–Crippen LogP) is 2.75. The average molecular weight is 347 g/mol. The molecule has 1 rings (SSSR count). The van der Waals surface area contributed by atoms with Crippen LogP contribution >= 0.6 is 11.6 Å². The number of carbonyl (C=O) groups excluding carboxylic acids is 1. The Morgan fingerprint density at radius 2 is 1.77 bits per heavy atom. The third kappa shape index (κ3) is 5.50. The number of rotatable bonds is 8. The van der Waals surface area contributed by atoms with Gasteiger partial charge in [-0.2, -0.15) is 0 Å². The van der Waals surface area contributed by atoms with Crippen LogP contribution in [0.3, 0.4) is 0 Å². The Hall–Kier alpha value is -1.27. The lowest BCUT2D eigenvalue weighted by molar-refractivity contribution is -0.129. The summed E-state index contributed by atoms with van der Waals surface area (Å²) in [5.74, 6) is -0.200. The van der Waals surface area contributed by atoms with Crippen LogP contribution in [0.1, 0.15) is 26.7 Å². The Labute approximate surface area is 137 Å². The summed E-state index contributed by atoms with van der Waals surface area (Å²) in [4.78, 5) is 14.1. The van der Waals surface area contributed by atoms with Crippen LogP contribution in [-0.2, 0) is 14.8 Å². The molecule has 0 N–H and O–H groups in total. The first-order chi connectivity index (χ1) is 10.3. The van der Waals surface area contributed by atoms with Gasteiger partial charge in [0.05, 0.1) is 11.9 Å². The van der Waals surface area contributed by atoms with Crippen molar-refractivity contribution in [1.29, 1.82) is 0 Å². The molecule has 0 atom stereocenters. The van der Waals surface area contributed by atoms with E-state index in [2.05, 4.69) is 0 Å². The van der Waals surface area contributed by atoms with E-state index in [0.717, 1.165) is 23.4 Å². The van der Waals surface area contributed by atoms with Gasteiger partial charge < -0.3 is 4.90 Å². The summed E-state index contributed by atoms with van der Waals surface area (Å²) in [5, 5.41) is 0.428. The Balaban J connectivity index is 3.02. The maximum absolute atomic E-state index is 12.4. The number of carbonyl (C=O) groups is 1. The SMILES string of the molecule is CCCN(CCC)C(=O)CN(c1cccc(Cl)c1)S(C)(=O)=O. The molecule has 0 spiro atoms. The van der Waals surface area contributed by atoms with Crippen molar-refractivity contribution in [3.8, 4) is 0 Å². The van der Waals surface area contributed by atoms with Crippen LogP contribution in [0.4, 0.5) is 5.69 Å². The highest BCUT2D eigenvalue weighted by molar-refractivity contribution is 7.92. The zero-order valence-electron chi connectivity index (χ0n) is 13.3. The van der Waals surface area contributed by atoms with Gasteiger partial charge in [-0.1, -0.05) is 31.5 Å². The van der Waals surface area contributed by atoms with Crippen molar-refractivity contribution < 1.29 is 13.2 Å². The van der Waals surface area contributed by atoms with Crippen molar-refractivity contribution in [2.45, 2.75) is 26.7 Å². The normalized spacial score (nSPS) is 11.3. The fraction of sp³-hybridized carbons (Fsp3) is 0.533. The summed E-state index contributed by atoms with van der Waals surface area (Å²) >= 11 is 5.92. The second-order valence-corrected chi connectivity index (χ2v) is 7.47. The molecular weight excluding hydrogens is 324 g/mol. The van der Waals surface area contributed by atoms with E-state index in [4.69, 9.17) is 11.6 Å². The highest BCUT2D eigenvalue weighted by Gasteiger charge is 2.23. The van der Waals surface area contributed by atoms with Crippen LogP contribution in [0.25, 0.3) is 0 Å². The number of nitrogens with zero attached hydrogens (tertiary/aromatic N) is 2. The van der Waals surface area contributed by atoms with Gasteiger partial charge >= 0.3 is 0 Å². The van der Waals surface area contributed by atoms with Crippen molar-refractivity contribution in [3.05, 3.63) is 29.3 Å². The minimum absolute atomic E-state index is 0.200. The first-order valence-corrected chi connectivity index (χ1v) is 9.53. The molecule has 22 heavy (non-hydrogen) atoms. The van der Waals surface area contributed by atoms with E-state index in [0.29, 0.717) is 23.8 Å². The summed E-state index contributed by atoms with van der Waals surface area (Å²) in [7, 11) is -3.57. The molecular formula is C15H23ClN2O3S. The van der Waals surface area contributed by atoms with Gasteiger partial charge in [0.2, 0.25) is 15.9 Å². The standard InChI is InChI=1S/C15H23ClN2O3S/c1-4-9-17(10-5-2)15(19)12-18(22(3,20)21)14-8-6-7-13(16)11-14/h6-8,11H,4-5,9-10,12H2,1-3H3. The summed E-state index contributed by atoms with van der Waals surface area (Å²) in [5.41, 5.74) is 0.399. The lowest BCUT2D eigenvalue weighted by Crippen LogP contribution is -2.43. The minimum atomic E-state index is -3.57. The van der Waals surface area contributed by atoms with Gasteiger partial charge in [-0.25, -0.2) is 8.42 Å². The molecule has 0 aliphatic rings. The molecule has 0 heterocycles. The van der Waals surface area contributed by atoms with Crippen molar-refractivity contribution in [2.24, 2.45) is 0 Å². The van der Waals surface area contributed by atoms with Crippen LogP contribution < -0.4 is 4.31 Å². The van der Waals surface area contributed by atoms with Crippen LogP contribution in [0.2, 0.25) is 5.02 Å². The molecule has 1 aromatic rings. The molecule has 0 radical (unpaired) electrons. The predicted molar refractivity (Wildman–Crippen MR) is 90.8 cm³/mol. The largest absolute Gasteiger partial charge is 0.341 e. The average Bonchev–Trinajstić information content (AvgIpc) is 2.43. The van der Waals surface area contributed by atoms with E-state index >= 15 is 0 Å². The van der Waals surface area contributed by atoms with E-state index < -0.39 is 10.0 Å². The molecule has 5 nitrogen and oxygen atoms in total. The minimum Gasteiger partial charge on any atom is -0.341 e. The monoisotopic (exact) mass is 346 g/mol. The summed E-state index contributed by atoms with van der Waals surface area (Å²) < 4.78 is 25.2. The molecule has 1 aromatic carbocycles. The third-order valence-electron chi connectivity index (χ3n) is 3.12. The molecule has 0 fully saturated rings. The van der Waals surface area contributed by atoms with E-state index in [9.17, 15) is 13.2 Å². The van der Waals surface area contributed by atoms with Gasteiger partial charge in [0.25, 0.3) is 0 Å². The number of sulfonamides is 1. The highest BCUT2D eigenvalue weighted by atomic mass is 35.5. The maximum Gasteiger partial charge on any atom is 0.243 e. The zero-order chi connectivity index (χ0) is 16.8. The van der Waals surface area contributed by atoms with E-state index in [1.165, 1.54) is 0 Å². The molecule has 0 saturated heterocycles. The summed E-state index contributed by atoms with van der Waals surface area (Å²) in [6.07, 6.45) is 2.76. The van der Waals surface area contributed by atoms with E-state index in [1.54, 1.807) is 29.2 Å². The van der Waals surface area contributed by atoms with Crippen molar-refractivity contribution in [1.82, 2.24) is 4.90 Å². The van der Waals surface area contributed by atoms with Gasteiger partial charge in [0.15, 0.2) is 0 Å². The Bertz CT molecular complexity index is 599. The molecule has 7 heteroatoms. The smallest absolute Gasteiger partial charge is 0.243 e. The van der Waals surface area contributed by atoms with Crippen LogP contribution in [0.5, 0.6) is 0 Å². The Morgan fingerprint density at radius 1 is 1.18 bits per heavy atom. The lowest BCUT2D eigenvalue weighted by Gasteiger charge is -2.27. The number of halogens is 1. The van der Waals surface area contributed by atoms with Crippen LogP contribution in [0, 0.1) is 0 Å². The van der Waals surface area contributed by atoms with E-state index in [-0.39, 0.29) is 12.5 Å². The van der Waals surface area contributed by atoms with Gasteiger partial charge in [0.1, 0.15) is 6.54 Å². The van der Waals surface area contributed by atoms with Gasteiger partial charge in [-0.15, -0.1) is 0 Å². The summed E-state index contributed by atoms with van der Waals surface area (Å²) in [6.45, 7) is 5.02. The molecule has 0 aromatic heterocycles. The second kappa shape index (κ2) is 8.39. The highest BCUT2D eigenvalue weighted by Crippen LogP contribution is 2.21. The fourth-order valence-electron chi connectivity index (χ4n) is 2.16. The quantitative estimate of drug-likeness (QED) is 0.727. The third-order valence-corrected chi connectivity index (χ3v) is 4.49. The molecule has 0 saturated carbocycles. The molecule has 0 aliphatic carbocycles. The number of amides is 1. The number of anilines is 1. The molecule has 0 bridgehead atoms. The molecule has 124 valence electrons. The van der Waals surface area contributed by atoms with Crippen molar-refractivity contribution in [3.63, 3.8) is 0 Å². The molecule has 0 unspecified atom stereocenters. The van der Waals surface area contributed by atoms with Gasteiger partial charge in [-0.3, -0.25) is 9.10 Å². The fourth-order valence-corrected chi connectivity index (χ4v) is 3.18. The Kier molecular flexibility index (Phi) is 7.16. The second-order valence-electron chi connectivity index (χ2n) is 5.13. The number of hydrogen-bond acceptors (Lipinski definition) is 3. The van der Waals surface area contributed by atoms with E-state index in [1.807, 2.05) is 13.8 Å². The maximum atomic E-state index is 12.4. The zero-order valence-corrected chi connectivity index (χ0v) is 14.8. The number of benzene rings is 1. The molecule has 0 aliphatic heterocycles. The first kappa shape index (κ1) is 18.8.